The Hall–Kier alpha value is -2.42. The molecule has 2 bridgehead atoms. The van der Waals surface area contributed by atoms with Crippen LogP contribution >= 0.6 is 0 Å². The molecule has 0 radical (unpaired) electrons. The van der Waals surface area contributed by atoms with Gasteiger partial charge in [0.05, 0.1) is 6.61 Å². The van der Waals surface area contributed by atoms with Gasteiger partial charge in [0.25, 0.3) is 0 Å². The second-order valence-corrected chi connectivity index (χ2v) is 12.1. The minimum Gasteiger partial charge on any atom is -0.459 e. The minimum absolute atomic E-state index is 0.0355. The van der Waals surface area contributed by atoms with Gasteiger partial charge in [-0.05, 0) is 55.1 Å². The zero-order valence-electron chi connectivity index (χ0n) is 23.2. The van der Waals surface area contributed by atoms with E-state index in [-0.39, 0.29) is 23.8 Å². The number of hydrogen-bond acceptors (Lipinski definition) is 9. The van der Waals surface area contributed by atoms with Crippen molar-refractivity contribution in [3.8, 4) is 0 Å². The van der Waals surface area contributed by atoms with Crippen molar-refractivity contribution in [2.24, 2.45) is 22.7 Å². The monoisotopic (exact) mass is 520 g/mol. The molecule has 0 unspecified atom stereocenters. The van der Waals surface area contributed by atoms with Gasteiger partial charge in [0.2, 0.25) is 0 Å². The van der Waals surface area contributed by atoms with Crippen molar-refractivity contribution in [3.63, 3.8) is 0 Å². The Bertz CT molecular complexity index is 1020. The highest BCUT2D eigenvalue weighted by molar-refractivity contribution is 5.69. The lowest BCUT2D eigenvalue weighted by Gasteiger charge is -2.59. The van der Waals surface area contributed by atoms with E-state index in [4.69, 9.17) is 23.7 Å². The fourth-order valence-electron chi connectivity index (χ4n) is 7.69. The zero-order valence-corrected chi connectivity index (χ0v) is 23.2. The van der Waals surface area contributed by atoms with Crippen LogP contribution in [0.15, 0.2) is 11.1 Å². The molecule has 1 heterocycles. The molecule has 3 fully saturated rings. The zero-order chi connectivity index (χ0) is 27.5. The number of epoxide rings is 1. The summed E-state index contributed by atoms with van der Waals surface area (Å²) in [5.41, 5.74) is -0.145. The van der Waals surface area contributed by atoms with Crippen LogP contribution in [0.2, 0.25) is 0 Å². The highest BCUT2D eigenvalue weighted by Crippen LogP contribution is 2.64. The predicted octanol–water partition coefficient (Wildman–Crippen LogP) is 3.66. The van der Waals surface area contributed by atoms with Crippen molar-refractivity contribution in [1.29, 1.82) is 0 Å². The summed E-state index contributed by atoms with van der Waals surface area (Å²) in [6.07, 6.45) is -0.169. The molecule has 2 saturated carbocycles. The smallest absolute Gasteiger partial charge is 0.303 e. The van der Waals surface area contributed by atoms with Crippen LogP contribution in [0.5, 0.6) is 0 Å². The summed E-state index contributed by atoms with van der Waals surface area (Å²) in [7, 11) is 0. The molecule has 206 valence electrons. The van der Waals surface area contributed by atoms with Gasteiger partial charge in [0.1, 0.15) is 23.9 Å². The topological polar surface area (TPSA) is 118 Å². The van der Waals surface area contributed by atoms with E-state index in [1.54, 1.807) is 0 Å². The van der Waals surface area contributed by atoms with Crippen molar-refractivity contribution in [1.82, 2.24) is 0 Å². The van der Waals surface area contributed by atoms with Gasteiger partial charge >= 0.3 is 23.9 Å². The van der Waals surface area contributed by atoms with E-state index in [1.807, 2.05) is 6.92 Å². The third kappa shape index (κ3) is 4.68. The Morgan fingerprint density at radius 3 is 1.92 bits per heavy atom. The Morgan fingerprint density at radius 2 is 1.41 bits per heavy atom. The predicted molar refractivity (Wildman–Crippen MR) is 131 cm³/mol. The number of carbonyl (C=O) groups is 4. The molecule has 0 N–H and O–H groups in total. The summed E-state index contributed by atoms with van der Waals surface area (Å²) in [5.74, 6) is -1.85. The van der Waals surface area contributed by atoms with Gasteiger partial charge in [-0.15, -0.1) is 0 Å². The van der Waals surface area contributed by atoms with E-state index in [1.165, 1.54) is 27.7 Å². The van der Waals surface area contributed by atoms with Gasteiger partial charge in [-0.1, -0.05) is 20.8 Å². The maximum atomic E-state index is 12.5. The molecule has 1 aliphatic heterocycles. The minimum atomic E-state index is -0.869. The fraction of sp³-hybridized carbons (Fsp3) is 0.786. The lowest BCUT2D eigenvalue weighted by molar-refractivity contribution is -0.203. The number of hydrogen-bond donors (Lipinski definition) is 0. The molecule has 4 rings (SSSR count). The molecular weight excluding hydrogens is 480 g/mol. The van der Waals surface area contributed by atoms with Gasteiger partial charge < -0.3 is 23.7 Å². The molecule has 0 aromatic rings. The van der Waals surface area contributed by atoms with Gasteiger partial charge in [-0.2, -0.15) is 0 Å². The molecule has 1 saturated heterocycles. The number of esters is 4. The number of carbonyl (C=O) groups excluding carboxylic acids is 4. The van der Waals surface area contributed by atoms with Crippen LogP contribution in [0.3, 0.4) is 0 Å². The van der Waals surface area contributed by atoms with Gasteiger partial charge in [0.15, 0.2) is 6.10 Å². The van der Waals surface area contributed by atoms with E-state index < -0.39 is 52.8 Å². The van der Waals surface area contributed by atoms with E-state index in [0.29, 0.717) is 32.3 Å². The average Bonchev–Trinajstić information content (AvgIpc) is 3.54. The SMILES string of the molecule is CC(=O)O[C@H]1C[C@H]2C[C@H]3[C@@](C)(CC[C@H](OC(C)=O)[C@@]34CO4)[C@@H](OC(C)=O)[C@H](OC(C)=O)C(=C1C)C2(C)C. The van der Waals surface area contributed by atoms with E-state index in [2.05, 4.69) is 20.8 Å². The molecule has 0 aromatic heterocycles. The van der Waals surface area contributed by atoms with Crippen LogP contribution in [0, 0.1) is 22.7 Å². The molecule has 8 atom stereocenters. The number of rotatable bonds is 4. The first-order chi connectivity index (χ1) is 17.1. The summed E-state index contributed by atoms with van der Waals surface area (Å²) in [6, 6.07) is 0. The van der Waals surface area contributed by atoms with Crippen LogP contribution in [-0.2, 0) is 42.9 Å². The Balaban J connectivity index is 1.94. The first-order valence-electron chi connectivity index (χ1n) is 13.2. The first kappa shape index (κ1) is 27.6. The molecule has 37 heavy (non-hydrogen) atoms. The molecule has 4 aliphatic rings. The van der Waals surface area contributed by atoms with Crippen LogP contribution < -0.4 is 0 Å². The highest BCUT2D eigenvalue weighted by Gasteiger charge is 2.71. The fourth-order valence-corrected chi connectivity index (χ4v) is 7.69. The first-order valence-corrected chi connectivity index (χ1v) is 13.2. The van der Waals surface area contributed by atoms with E-state index in [9.17, 15) is 19.2 Å². The van der Waals surface area contributed by atoms with Crippen molar-refractivity contribution < 1.29 is 42.9 Å². The number of ether oxygens (including phenoxy) is 5. The lowest BCUT2D eigenvalue weighted by Crippen LogP contribution is -2.63. The molecular formula is C28H40O9. The van der Waals surface area contributed by atoms with Crippen molar-refractivity contribution in [2.45, 2.75) is 111 Å². The second kappa shape index (κ2) is 9.40. The third-order valence-electron chi connectivity index (χ3n) is 9.41. The molecule has 1 spiro atoms. The van der Waals surface area contributed by atoms with E-state index >= 15 is 0 Å². The van der Waals surface area contributed by atoms with Crippen molar-refractivity contribution in [3.05, 3.63) is 11.1 Å². The average molecular weight is 521 g/mol. The lowest BCUT2D eigenvalue weighted by atomic mass is 9.49. The van der Waals surface area contributed by atoms with Gasteiger partial charge in [-0.3, -0.25) is 19.2 Å². The maximum absolute atomic E-state index is 12.5. The summed E-state index contributed by atoms with van der Waals surface area (Å²) in [5, 5.41) is 0. The van der Waals surface area contributed by atoms with E-state index in [0.717, 1.165) is 11.1 Å². The largest absolute Gasteiger partial charge is 0.459 e. The van der Waals surface area contributed by atoms with Crippen molar-refractivity contribution >= 4 is 23.9 Å². The highest BCUT2D eigenvalue weighted by atomic mass is 16.6. The molecule has 0 aromatic carbocycles. The number of fused-ring (bicyclic) bond motifs is 4. The van der Waals surface area contributed by atoms with Gasteiger partial charge in [0, 0.05) is 39.0 Å². The maximum Gasteiger partial charge on any atom is 0.303 e. The third-order valence-corrected chi connectivity index (χ3v) is 9.41. The molecule has 9 nitrogen and oxygen atoms in total. The standard InChI is InChI=1S/C28H40O9/c1-14-20(34-15(2)29)11-19-12-21-27(8,10-9-22(35-16(3)30)28(21)13-33-28)25(37-18(5)32)24(36-17(4)31)23(14)26(19,6)7/h19-22,24-25H,9-13H2,1-8H3/t19-,20-,21-,22-,24+,25-,27+,28+/m0/s1. The summed E-state index contributed by atoms with van der Waals surface area (Å²) >= 11 is 0. The molecule has 3 aliphatic carbocycles. The van der Waals surface area contributed by atoms with Crippen molar-refractivity contribution in [2.75, 3.05) is 6.61 Å². The summed E-state index contributed by atoms with van der Waals surface area (Å²) in [4.78, 5) is 49.0. The summed E-state index contributed by atoms with van der Waals surface area (Å²) in [6.45, 7) is 14.1. The van der Waals surface area contributed by atoms with Crippen LogP contribution in [0.4, 0.5) is 0 Å². The van der Waals surface area contributed by atoms with Gasteiger partial charge in [-0.25, -0.2) is 0 Å². The quantitative estimate of drug-likeness (QED) is 0.237. The summed E-state index contributed by atoms with van der Waals surface area (Å²) < 4.78 is 29.8. The molecule has 0 amide bonds. The normalized spacial score (nSPS) is 40.0. The second-order valence-electron chi connectivity index (χ2n) is 12.1. The van der Waals surface area contributed by atoms with Crippen LogP contribution in [0.1, 0.15) is 81.1 Å². The Labute approximate surface area is 218 Å². The Kier molecular flexibility index (Phi) is 7.01. The Morgan fingerprint density at radius 1 is 0.838 bits per heavy atom. The van der Waals surface area contributed by atoms with Crippen LogP contribution in [-0.4, -0.2) is 60.5 Å². The van der Waals surface area contributed by atoms with Crippen LogP contribution in [0.25, 0.3) is 0 Å². The molecule has 9 heteroatoms.